The number of anilines is 2. The maximum atomic E-state index is 9.37. The smallest absolute Gasteiger partial charge is 0.229 e. The van der Waals surface area contributed by atoms with Crippen LogP contribution < -0.4 is 5.32 Å². The third-order valence-electron chi connectivity index (χ3n) is 6.50. The summed E-state index contributed by atoms with van der Waals surface area (Å²) in [6.45, 7) is 2.11. The van der Waals surface area contributed by atoms with Crippen LogP contribution in [0.1, 0.15) is 61.0 Å². The zero-order chi connectivity index (χ0) is 18.1. The summed E-state index contributed by atoms with van der Waals surface area (Å²) in [5, 5.41) is 18.3. The number of rotatable bonds is 4. The molecule has 0 amide bonds. The number of hydrogen-bond donors (Lipinski definition) is 2. The number of aromatic amines is 1. The molecule has 0 saturated heterocycles. The molecule has 3 heterocycles. The van der Waals surface area contributed by atoms with E-state index in [2.05, 4.69) is 38.1 Å². The molecule has 3 fully saturated rings. The van der Waals surface area contributed by atoms with Crippen LogP contribution in [-0.2, 0) is 0 Å². The van der Waals surface area contributed by atoms with E-state index in [0.29, 0.717) is 23.5 Å². The first-order chi connectivity index (χ1) is 13.2. The van der Waals surface area contributed by atoms with Gasteiger partial charge in [0.25, 0.3) is 0 Å². The second kappa shape index (κ2) is 5.32. The fraction of sp³-hybridized carbons (Fsp3) is 0.500. The minimum atomic E-state index is 0.438. The van der Waals surface area contributed by atoms with Crippen molar-refractivity contribution >= 4 is 22.7 Å². The molecule has 3 saturated carbocycles. The summed E-state index contributed by atoms with van der Waals surface area (Å²) in [4.78, 5) is 12.5. The van der Waals surface area contributed by atoms with Crippen LogP contribution in [0.3, 0.4) is 0 Å². The zero-order valence-corrected chi connectivity index (χ0v) is 15.2. The van der Waals surface area contributed by atoms with Crippen LogP contribution in [0.25, 0.3) is 11.0 Å². The van der Waals surface area contributed by atoms with Crippen LogP contribution in [0.4, 0.5) is 11.6 Å². The lowest BCUT2D eigenvalue weighted by atomic mass is 10.1. The van der Waals surface area contributed by atoms with E-state index in [-0.39, 0.29) is 0 Å². The maximum Gasteiger partial charge on any atom is 0.229 e. The van der Waals surface area contributed by atoms with Crippen LogP contribution >= 0.6 is 0 Å². The molecule has 6 rings (SSSR count). The van der Waals surface area contributed by atoms with E-state index < -0.39 is 0 Å². The highest BCUT2D eigenvalue weighted by molar-refractivity contribution is 5.86. The molecular formula is C20H21N7. The van der Waals surface area contributed by atoms with Crippen molar-refractivity contribution in [1.29, 1.82) is 5.26 Å². The number of hydrogen-bond acceptors (Lipinski definition) is 5. The number of nitriles is 1. The predicted octanol–water partition coefficient (Wildman–Crippen LogP) is 3.93. The van der Waals surface area contributed by atoms with Gasteiger partial charge in [0.15, 0.2) is 0 Å². The Balaban J connectivity index is 1.34. The molecule has 0 spiro atoms. The second-order valence-corrected chi connectivity index (χ2v) is 8.34. The minimum Gasteiger partial charge on any atom is -0.345 e. The van der Waals surface area contributed by atoms with Gasteiger partial charge >= 0.3 is 0 Å². The van der Waals surface area contributed by atoms with Gasteiger partial charge in [-0.05, 0) is 50.9 Å². The molecule has 0 aromatic carbocycles. The van der Waals surface area contributed by atoms with E-state index in [1.54, 1.807) is 6.20 Å². The van der Waals surface area contributed by atoms with Gasteiger partial charge in [0.05, 0.1) is 40.3 Å². The predicted molar refractivity (Wildman–Crippen MR) is 101 cm³/mol. The Kier molecular flexibility index (Phi) is 2.99. The Bertz CT molecular complexity index is 1090. The summed E-state index contributed by atoms with van der Waals surface area (Å²) in [5.74, 6) is 2.88. The molecule has 0 aliphatic heterocycles. The van der Waals surface area contributed by atoms with Crippen LogP contribution in [0.5, 0.6) is 0 Å². The van der Waals surface area contributed by atoms with E-state index >= 15 is 0 Å². The molecule has 27 heavy (non-hydrogen) atoms. The van der Waals surface area contributed by atoms with Crippen LogP contribution in [0.15, 0.2) is 12.4 Å². The highest BCUT2D eigenvalue weighted by atomic mass is 15.3. The molecule has 2 unspecified atom stereocenters. The Morgan fingerprint density at radius 3 is 2.78 bits per heavy atom. The van der Waals surface area contributed by atoms with Crippen molar-refractivity contribution in [3.63, 3.8) is 0 Å². The summed E-state index contributed by atoms with van der Waals surface area (Å²) < 4.78 is 2.18. The number of H-pyrrole nitrogens is 1. The highest BCUT2D eigenvalue weighted by Crippen LogP contribution is 2.56. The first kappa shape index (κ1) is 15.2. The SMILES string of the molecule is Cc1c(Nc2nc(C3CC3)c3c(C#N)c[nH]c3n2)cnn1C1CC2CC2C1. The first-order valence-electron chi connectivity index (χ1n) is 9.81. The van der Waals surface area contributed by atoms with Crippen LogP contribution in [0, 0.1) is 30.1 Å². The molecule has 3 aliphatic rings. The summed E-state index contributed by atoms with van der Waals surface area (Å²) >= 11 is 0. The quantitative estimate of drug-likeness (QED) is 0.736. The number of aromatic nitrogens is 5. The normalized spacial score (nSPS) is 26.1. The largest absolute Gasteiger partial charge is 0.345 e. The third-order valence-corrected chi connectivity index (χ3v) is 6.50. The molecule has 3 aromatic heterocycles. The molecule has 2 N–H and O–H groups in total. The Morgan fingerprint density at radius 1 is 1.22 bits per heavy atom. The molecule has 3 aromatic rings. The van der Waals surface area contributed by atoms with Crippen molar-refractivity contribution in [3.05, 3.63) is 29.3 Å². The number of nitrogens with one attached hydrogen (secondary N) is 2. The standard InChI is InChI=1S/C20H21N7/c1-10-16(9-23-27(10)15-5-12-4-13(12)6-15)24-20-25-18(11-2-3-11)17-14(7-21)8-22-19(17)26-20/h8-9,11-13,15H,2-6H2,1H3,(H2,22,24,25,26). The van der Waals surface area contributed by atoms with E-state index in [9.17, 15) is 5.26 Å². The van der Waals surface area contributed by atoms with Crippen LogP contribution in [-0.4, -0.2) is 24.7 Å². The monoisotopic (exact) mass is 359 g/mol. The first-order valence-corrected chi connectivity index (χ1v) is 9.81. The lowest BCUT2D eigenvalue weighted by molar-refractivity contribution is 0.418. The van der Waals surface area contributed by atoms with Gasteiger partial charge in [0.2, 0.25) is 5.95 Å². The van der Waals surface area contributed by atoms with Crippen molar-refractivity contribution in [2.24, 2.45) is 11.8 Å². The highest BCUT2D eigenvalue weighted by Gasteiger charge is 2.47. The fourth-order valence-electron chi connectivity index (χ4n) is 4.77. The van der Waals surface area contributed by atoms with Crippen molar-refractivity contribution in [3.8, 4) is 6.07 Å². The van der Waals surface area contributed by atoms with Gasteiger partial charge < -0.3 is 10.3 Å². The molecule has 3 aliphatic carbocycles. The van der Waals surface area contributed by atoms with E-state index in [1.807, 2.05) is 6.20 Å². The summed E-state index contributed by atoms with van der Waals surface area (Å²) in [6.07, 6.45) is 9.81. The van der Waals surface area contributed by atoms with Crippen molar-refractivity contribution < 1.29 is 0 Å². The van der Waals surface area contributed by atoms with Gasteiger partial charge in [-0.25, -0.2) is 4.98 Å². The summed E-state index contributed by atoms with van der Waals surface area (Å²) in [7, 11) is 0. The molecule has 7 heteroatoms. The van der Waals surface area contributed by atoms with Gasteiger partial charge in [0, 0.05) is 12.1 Å². The van der Waals surface area contributed by atoms with E-state index in [0.717, 1.165) is 52.8 Å². The lowest BCUT2D eigenvalue weighted by Crippen LogP contribution is -2.10. The van der Waals surface area contributed by atoms with Gasteiger partial charge in [-0.3, -0.25) is 4.68 Å². The van der Waals surface area contributed by atoms with Gasteiger partial charge in [-0.15, -0.1) is 0 Å². The van der Waals surface area contributed by atoms with Crippen molar-refractivity contribution in [1.82, 2.24) is 24.7 Å². The Hall–Kier alpha value is -2.88. The fourth-order valence-corrected chi connectivity index (χ4v) is 4.77. The van der Waals surface area contributed by atoms with E-state index in [1.165, 1.54) is 19.3 Å². The molecule has 7 nitrogen and oxygen atoms in total. The molecule has 136 valence electrons. The summed E-state index contributed by atoms with van der Waals surface area (Å²) in [6, 6.07) is 2.79. The number of fused-ring (bicyclic) bond motifs is 2. The molecule has 2 atom stereocenters. The van der Waals surface area contributed by atoms with Crippen molar-refractivity contribution in [2.45, 2.75) is 51.0 Å². The average Bonchev–Trinajstić information content (AvgIpc) is 3.54. The molecular weight excluding hydrogens is 338 g/mol. The van der Waals surface area contributed by atoms with Gasteiger partial charge in [-0.1, -0.05) is 0 Å². The Morgan fingerprint density at radius 2 is 2.04 bits per heavy atom. The molecule has 0 bridgehead atoms. The minimum absolute atomic E-state index is 0.438. The maximum absolute atomic E-state index is 9.37. The zero-order valence-electron chi connectivity index (χ0n) is 15.2. The van der Waals surface area contributed by atoms with Crippen LogP contribution in [0.2, 0.25) is 0 Å². The van der Waals surface area contributed by atoms with Gasteiger partial charge in [0.1, 0.15) is 11.7 Å². The summed E-state index contributed by atoms with van der Waals surface area (Å²) in [5.41, 5.74) is 4.45. The lowest BCUT2D eigenvalue weighted by Gasteiger charge is -2.15. The van der Waals surface area contributed by atoms with E-state index in [4.69, 9.17) is 4.98 Å². The second-order valence-electron chi connectivity index (χ2n) is 8.34. The number of nitrogens with zero attached hydrogens (tertiary/aromatic N) is 5. The average molecular weight is 359 g/mol. The third kappa shape index (κ3) is 2.36. The Labute approximate surface area is 156 Å². The van der Waals surface area contributed by atoms with Gasteiger partial charge in [-0.2, -0.15) is 15.3 Å². The molecule has 0 radical (unpaired) electrons. The topological polar surface area (TPSA) is 95.2 Å². The van der Waals surface area contributed by atoms with Crippen molar-refractivity contribution in [2.75, 3.05) is 5.32 Å².